The molecule has 4 aliphatic rings. The summed E-state index contributed by atoms with van der Waals surface area (Å²) in [5.41, 5.74) is 3.27. The molecule has 3 aliphatic heterocycles. The van der Waals surface area contributed by atoms with Gasteiger partial charge >= 0.3 is 0 Å². The minimum atomic E-state index is 0.407. The lowest BCUT2D eigenvalue weighted by molar-refractivity contribution is -0.0505. The van der Waals surface area contributed by atoms with Gasteiger partial charge in [-0.25, -0.2) is 0 Å². The van der Waals surface area contributed by atoms with Gasteiger partial charge in [-0.1, -0.05) is 0 Å². The summed E-state index contributed by atoms with van der Waals surface area (Å²) in [5.74, 6) is 1.13. The van der Waals surface area contributed by atoms with Crippen molar-refractivity contribution in [1.29, 1.82) is 0 Å². The molecule has 1 aromatic heterocycles. The van der Waals surface area contributed by atoms with Crippen LogP contribution < -0.4 is 10.1 Å². The van der Waals surface area contributed by atoms with Crippen LogP contribution in [0.25, 0.3) is 0 Å². The standard InChI is InChI=1S/C21H32N4O/c1-24(2)9-6-15-3-4-18-20-17(7-10-25(15)18)23-8-5-19(20)26-16-11-21(12-16)13-22-14-21/h5,8,15-16,18,22H,3-4,6-7,9-14H2,1-2H3/t15?,18-/m0/s1. The number of hydrogen-bond acceptors (Lipinski definition) is 5. The fourth-order valence-corrected chi connectivity index (χ4v) is 5.63. The van der Waals surface area contributed by atoms with Gasteiger partial charge in [0.15, 0.2) is 0 Å². The van der Waals surface area contributed by atoms with Crippen LogP contribution in [0.5, 0.6) is 5.75 Å². The van der Waals surface area contributed by atoms with Gasteiger partial charge in [0.2, 0.25) is 0 Å². The molecular formula is C21H32N4O. The molecule has 0 bridgehead atoms. The molecule has 1 saturated carbocycles. The molecule has 26 heavy (non-hydrogen) atoms. The molecule has 1 aliphatic carbocycles. The predicted octanol–water partition coefficient (Wildman–Crippen LogP) is 2.23. The molecule has 5 heteroatoms. The predicted molar refractivity (Wildman–Crippen MR) is 103 cm³/mol. The molecule has 1 N–H and O–H groups in total. The largest absolute Gasteiger partial charge is 0.490 e. The summed E-state index contributed by atoms with van der Waals surface area (Å²) in [6.07, 6.45) is 9.71. The third kappa shape index (κ3) is 2.85. The molecule has 5 nitrogen and oxygen atoms in total. The molecule has 0 aromatic carbocycles. The first-order chi connectivity index (χ1) is 12.6. The molecule has 142 valence electrons. The van der Waals surface area contributed by atoms with Gasteiger partial charge < -0.3 is 15.0 Å². The maximum atomic E-state index is 6.52. The molecular weight excluding hydrogens is 324 g/mol. The fourth-order valence-electron chi connectivity index (χ4n) is 5.63. The number of pyridine rings is 1. The number of nitrogens with one attached hydrogen (secondary N) is 1. The third-order valence-electron chi connectivity index (χ3n) is 7.14. The van der Waals surface area contributed by atoms with Crippen molar-refractivity contribution in [3.63, 3.8) is 0 Å². The van der Waals surface area contributed by atoms with Gasteiger partial charge in [-0.15, -0.1) is 0 Å². The first-order valence-corrected chi connectivity index (χ1v) is 10.4. The number of fused-ring (bicyclic) bond motifs is 3. The molecule has 2 atom stereocenters. The van der Waals surface area contributed by atoms with E-state index in [9.17, 15) is 0 Å². The zero-order valence-electron chi connectivity index (χ0n) is 16.2. The van der Waals surface area contributed by atoms with Crippen molar-refractivity contribution in [1.82, 2.24) is 20.1 Å². The highest BCUT2D eigenvalue weighted by molar-refractivity contribution is 5.41. The quantitative estimate of drug-likeness (QED) is 0.876. The Morgan fingerprint density at radius 1 is 1.31 bits per heavy atom. The summed E-state index contributed by atoms with van der Waals surface area (Å²) in [7, 11) is 4.35. The minimum absolute atomic E-state index is 0.407. The number of aromatic nitrogens is 1. The zero-order chi connectivity index (χ0) is 17.7. The fraction of sp³-hybridized carbons (Fsp3) is 0.762. The molecule has 0 amide bonds. The maximum absolute atomic E-state index is 6.52. The second kappa shape index (κ2) is 6.47. The highest BCUT2D eigenvalue weighted by Gasteiger charge is 2.50. The van der Waals surface area contributed by atoms with Crippen molar-refractivity contribution in [2.45, 2.75) is 56.7 Å². The summed E-state index contributed by atoms with van der Waals surface area (Å²) in [6.45, 7) is 4.70. The van der Waals surface area contributed by atoms with E-state index in [2.05, 4.69) is 35.3 Å². The minimum Gasteiger partial charge on any atom is -0.490 e. The average molecular weight is 357 g/mol. The number of ether oxygens (including phenoxy) is 1. The van der Waals surface area contributed by atoms with E-state index in [1.54, 1.807) is 0 Å². The van der Waals surface area contributed by atoms with Crippen molar-refractivity contribution < 1.29 is 4.74 Å². The van der Waals surface area contributed by atoms with Gasteiger partial charge in [-0.3, -0.25) is 9.88 Å². The van der Waals surface area contributed by atoms with Crippen LogP contribution in [-0.4, -0.2) is 67.2 Å². The van der Waals surface area contributed by atoms with Crippen molar-refractivity contribution in [3.8, 4) is 5.75 Å². The Morgan fingerprint density at radius 3 is 2.88 bits per heavy atom. The van der Waals surface area contributed by atoms with Crippen molar-refractivity contribution in [3.05, 3.63) is 23.5 Å². The van der Waals surface area contributed by atoms with E-state index in [0.717, 1.165) is 24.8 Å². The van der Waals surface area contributed by atoms with Crippen LogP contribution in [0.1, 0.15) is 49.4 Å². The Balaban J connectivity index is 1.32. The van der Waals surface area contributed by atoms with Crippen molar-refractivity contribution >= 4 is 0 Å². The maximum Gasteiger partial charge on any atom is 0.127 e. The van der Waals surface area contributed by atoms with Gasteiger partial charge in [-0.05, 0) is 58.8 Å². The van der Waals surface area contributed by atoms with Crippen LogP contribution in [0.4, 0.5) is 0 Å². The van der Waals surface area contributed by atoms with Crippen LogP contribution >= 0.6 is 0 Å². The molecule has 1 unspecified atom stereocenters. The van der Waals surface area contributed by atoms with E-state index in [4.69, 9.17) is 9.72 Å². The summed E-state index contributed by atoms with van der Waals surface area (Å²) in [5, 5.41) is 3.42. The van der Waals surface area contributed by atoms with E-state index >= 15 is 0 Å². The second-order valence-corrected chi connectivity index (χ2v) is 9.25. The van der Waals surface area contributed by atoms with Crippen LogP contribution in [0, 0.1) is 5.41 Å². The Hall–Kier alpha value is -1.17. The van der Waals surface area contributed by atoms with Crippen LogP contribution in [-0.2, 0) is 6.42 Å². The monoisotopic (exact) mass is 356 g/mol. The first-order valence-electron chi connectivity index (χ1n) is 10.4. The normalized spacial score (nSPS) is 30.0. The highest BCUT2D eigenvalue weighted by Crippen LogP contribution is 2.49. The Morgan fingerprint density at radius 2 is 2.15 bits per heavy atom. The lowest BCUT2D eigenvalue weighted by atomic mass is 9.63. The van der Waals surface area contributed by atoms with Crippen molar-refractivity contribution in [2.24, 2.45) is 5.41 Å². The number of nitrogens with zero attached hydrogens (tertiary/aromatic N) is 3. The molecule has 5 rings (SSSR count). The summed E-state index contributed by atoms with van der Waals surface area (Å²) in [6, 6.07) is 3.37. The Bertz CT molecular complexity index is 664. The highest BCUT2D eigenvalue weighted by atomic mass is 16.5. The summed E-state index contributed by atoms with van der Waals surface area (Å²) in [4.78, 5) is 9.78. The number of hydrogen-bond donors (Lipinski definition) is 1. The van der Waals surface area contributed by atoms with Gasteiger partial charge in [0, 0.05) is 55.3 Å². The van der Waals surface area contributed by atoms with Gasteiger partial charge in [0.1, 0.15) is 5.75 Å². The van der Waals surface area contributed by atoms with E-state index in [1.807, 2.05) is 6.20 Å². The molecule has 1 spiro atoms. The topological polar surface area (TPSA) is 40.6 Å². The average Bonchev–Trinajstić information content (AvgIpc) is 2.97. The number of rotatable bonds is 5. The molecule has 4 heterocycles. The van der Waals surface area contributed by atoms with Crippen LogP contribution in [0.2, 0.25) is 0 Å². The lowest BCUT2D eigenvalue weighted by Gasteiger charge is -2.54. The van der Waals surface area contributed by atoms with E-state index in [1.165, 1.54) is 63.0 Å². The van der Waals surface area contributed by atoms with Crippen molar-refractivity contribution in [2.75, 3.05) is 40.3 Å². The SMILES string of the molecule is CN(C)CCC1CC[C@H]2c3c(OC4CC5(CNC5)C4)ccnc3CCN12. The second-order valence-electron chi connectivity index (χ2n) is 9.25. The summed E-state index contributed by atoms with van der Waals surface area (Å²) >= 11 is 0. The first kappa shape index (κ1) is 17.0. The van der Waals surface area contributed by atoms with E-state index < -0.39 is 0 Å². The third-order valence-corrected chi connectivity index (χ3v) is 7.14. The molecule has 2 saturated heterocycles. The van der Waals surface area contributed by atoms with Gasteiger partial charge in [-0.2, -0.15) is 0 Å². The Kier molecular flexibility index (Phi) is 4.22. The smallest absolute Gasteiger partial charge is 0.127 e. The van der Waals surface area contributed by atoms with Crippen LogP contribution in [0.3, 0.4) is 0 Å². The molecule has 3 fully saturated rings. The van der Waals surface area contributed by atoms with Gasteiger partial charge in [0.25, 0.3) is 0 Å². The van der Waals surface area contributed by atoms with E-state index in [-0.39, 0.29) is 0 Å². The summed E-state index contributed by atoms with van der Waals surface area (Å²) < 4.78 is 6.52. The van der Waals surface area contributed by atoms with Gasteiger partial charge in [0.05, 0.1) is 11.8 Å². The lowest BCUT2D eigenvalue weighted by Crippen LogP contribution is -2.62. The Labute approximate surface area is 157 Å². The molecule has 1 aromatic rings. The molecule has 0 radical (unpaired) electrons. The van der Waals surface area contributed by atoms with Crippen LogP contribution in [0.15, 0.2) is 12.3 Å². The zero-order valence-corrected chi connectivity index (χ0v) is 16.2. The van der Waals surface area contributed by atoms with E-state index in [0.29, 0.717) is 17.6 Å².